The van der Waals surface area contributed by atoms with Crippen LogP contribution < -0.4 is 0 Å². The van der Waals surface area contributed by atoms with Gasteiger partial charge in [-0.15, -0.1) is 0 Å². The number of hydrogen-bond acceptors (Lipinski definition) is 3. The van der Waals surface area contributed by atoms with Crippen LogP contribution in [-0.4, -0.2) is 23.7 Å². The lowest BCUT2D eigenvalue weighted by Gasteiger charge is -2.11. The molecular formula is C27H48O4. The normalized spacial score (nSPS) is 12.2. The summed E-state index contributed by atoms with van der Waals surface area (Å²) in [7, 11) is 0. The number of ether oxygens (including phenoxy) is 1. The van der Waals surface area contributed by atoms with Gasteiger partial charge in [-0.3, -0.25) is 9.59 Å². The van der Waals surface area contributed by atoms with Crippen LogP contribution in [-0.2, 0) is 14.3 Å². The highest BCUT2D eigenvalue weighted by atomic mass is 16.5. The van der Waals surface area contributed by atoms with Crippen molar-refractivity contribution in [2.75, 3.05) is 6.61 Å². The molecule has 0 radical (unpaired) electrons. The van der Waals surface area contributed by atoms with Crippen molar-refractivity contribution in [2.45, 2.75) is 122 Å². The van der Waals surface area contributed by atoms with Crippen molar-refractivity contribution >= 4 is 11.9 Å². The van der Waals surface area contributed by atoms with Gasteiger partial charge in [0.25, 0.3) is 0 Å². The lowest BCUT2D eigenvalue weighted by Crippen LogP contribution is -2.19. The quantitative estimate of drug-likeness (QED) is 0.100. The molecule has 1 unspecified atom stereocenters. The third kappa shape index (κ3) is 21.4. The molecule has 1 N–H and O–H groups in total. The van der Waals surface area contributed by atoms with Crippen molar-refractivity contribution in [3.63, 3.8) is 0 Å². The molecule has 0 rings (SSSR count). The van der Waals surface area contributed by atoms with E-state index in [1.807, 2.05) is 0 Å². The van der Waals surface area contributed by atoms with Crippen molar-refractivity contribution in [3.8, 4) is 0 Å². The summed E-state index contributed by atoms with van der Waals surface area (Å²) in [5, 5.41) is 9.26. The standard InChI is InChI=1S/C27H48O4/c1-3-5-6-7-8-9-10-11-12-13-14-15-16-17-18-19-20-21-22-25(27(29)30)24-26(28)31-23-4-2/h4,8-9,25H,2-3,5-7,10-24H2,1H3,(H,29,30)/b9-8+. The van der Waals surface area contributed by atoms with Crippen LogP contribution in [0.2, 0.25) is 0 Å². The van der Waals surface area contributed by atoms with E-state index in [-0.39, 0.29) is 13.0 Å². The number of esters is 1. The van der Waals surface area contributed by atoms with Crippen LogP contribution in [0.5, 0.6) is 0 Å². The number of rotatable bonds is 23. The van der Waals surface area contributed by atoms with Crippen LogP contribution in [0.4, 0.5) is 0 Å². The average Bonchev–Trinajstić information content (AvgIpc) is 2.75. The monoisotopic (exact) mass is 436 g/mol. The Morgan fingerprint density at radius 2 is 1.29 bits per heavy atom. The number of unbranched alkanes of at least 4 members (excludes halogenated alkanes) is 14. The second kappa shape index (κ2) is 23.1. The number of carboxylic acids is 1. The largest absolute Gasteiger partial charge is 0.481 e. The first-order chi connectivity index (χ1) is 15.1. The highest BCUT2D eigenvalue weighted by Gasteiger charge is 2.21. The number of carboxylic acid groups (broad SMARTS) is 1. The fraction of sp³-hybridized carbons (Fsp3) is 0.778. The molecule has 180 valence electrons. The number of carbonyl (C=O) groups is 2. The van der Waals surface area contributed by atoms with Gasteiger partial charge >= 0.3 is 11.9 Å². The zero-order valence-electron chi connectivity index (χ0n) is 20.1. The number of carbonyl (C=O) groups excluding carboxylic acids is 1. The first-order valence-corrected chi connectivity index (χ1v) is 12.8. The van der Waals surface area contributed by atoms with Crippen molar-refractivity contribution in [1.82, 2.24) is 0 Å². The van der Waals surface area contributed by atoms with Gasteiger partial charge in [-0.25, -0.2) is 0 Å². The second-order valence-corrected chi connectivity index (χ2v) is 8.64. The van der Waals surface area contributed by atoms with Crippen LogP contribution in [0.3, 0.4) is 0 Å². The maximum absolute atomic E-state index is 11.6. The van der Waals surface area contributed by atoms with Crippen LogP contribution in [0.25, 0.3) is 0 Å². The zero-order valence-corrected chi connectivity index (χ0v) is 20.1. The van der Waals surface area contributed by atoms with Gasteiger partial charge in [0.15, 0.2) is 0 Å². The third-order valence-corrected chi connectivity index (χ3v) is 5.69. The Bertz CT molecular complexity index is 470. The van der Waals surface area contributed by atoms with Gasteiger partial charge in [-0.2, -0.15) is 0 Å². The third-order valence-electron chi connectivity index (χ3n) is 5.69. The first-order valence-electron chi connectivity index (χ1n) is 12.8. The summed E-state index contributed by atoms with van der Waals surface area (Å²) in [5.74, 6) is -1.99. The lowest BCUT2D eigenvalue weighted by atomic mass is 9.97. The summed E-state index contributed by atoms with van der Waals surface area (Å²) in [6, 6.07) is 0. The minimum Gasteiger partial charge on any atom is -0.481 e. The van der Waals surface area contributed by atoms with Gasteiger partial charge in [0.05, 0.1) is 12.3 Å². The molecule has 31 heavy (non-hydrogen) atoms. The molecule has 0 saturated heterocycles. The van der Waals surface area contributed by atoms with Crippen molar-refractivity contribution < 1.29 is 19.4 Å². The fourth-order valence-electron chi connectivity index (χ4n) is 3.72. The second-order valence-electron chi connectivity index (χ2n) is 8.64. The molecule has 1 atom stereocenters. The van der Waals surface area contributed by atoms with E-state index in [9.17, 15) is 14.7 Å². The molecule has 0 saturated carbocycles. The average molecular weight is 437 g/mol. The summed E-state index contributed by atoms with van der Waals surface area (Å²) >= 11 is 0. The molecule has 0 heterocycles. The Morgan fingerprint density at radius 1 is 0.806 bits per heavy atom. The van der Waals surface area contributed by atoms with Gasteiger partial charge in [0.1, 0.15) is 6.61 Å². The van der Waals surface area contributed by atoms with E-state index in [1.165, 1.54) is 89.5 Å². The van der Waals surface area contributed by atoms with E-state index in [4.69, 9.17) is 4.74 Å². The summed E-state index contributed by atoms with van der Waals surface area (Å²) in [6.07, 6.45) is 26.8. The van der Waals surface area contributed by atoms with Gasteiger partial charge in [0.2, 0.25) is 0 Å². The summed E-state index contributed by atoms with van der Waals surface area (Å²) in [4.78, 5) is 22.9. The molecule has 4 nitrogen and oxygen atoms in total. The van der Waals surface area contributed by atoms with Crippen molar-refractivity contribution in [1.29, 1.82) is 0 Å². The smallest absolute Gasteiger partial charge is 0.307 e. The van der Waals surface area contributed by atoms with Crippen LogP contribution in [0.1, 0.15) is 122 Å². The molecule has 0 aromatic heterocycles. The van der Waals surface area contributed by atoms with Gasteiger partial charge in [-0.05, 0) is 32.1 Å². The van der Waals surface area contributed by atoms with Gasteiger partial charge in [-0.1, -0.05) is 109 Å². The number of aliphatic carboxylic acids is 1. The van der Waals surface area contributed by atoms with E-state index >= 15 is 0 Å². The maximum atomic E-state index is 11.6. The predicted molar refractivity (Wildman–Crippen MR) is 130 cm³/mol. The number of allylic oxidation sites excluding steroid dienone is 2. The molecule has 0 aliphatic heterocycles. The molecule has 0 amide bonds. The predicted octanol–water partition coefficient (Wildman–Crippen LogP) is 8.01. The molecular weight excluding hydrogens is 388 g/mol. The van der Waals surface area contributed by atoms with Crippen LogP contribution >= 0.6 is 0 Å². The van der Waals surface area contributed by atoms with E-state index in [0.29, 0.717) is 6.42 Å². The lowest BCUT2D eigenvalue weighted by molar-refractivity contribution is -0.151. The highest BCUT2D eigenvalue weighted by molar-refractivity contribution is 5.78. The summed E-state index contributed by atoms with van der Waals surface area (Å²) in [6.45, 7) is 5.87. The Hall–Kier alpha value is -1.58. The SMILES string of the molecule is C=CCOC(=O)CC(CCCCCCCCCCCCC/C=C/CCCCC)C(=O)O. The van der Waals surface area contributed by atoms with E-state index in [1.54, 1.807) is 0 Å². The molecule has 0 aromatic carbocycles. The molecule has 4 heteroatoms. The Balaban J connectivity index is 3.44. The summed E-state index contributed by atoms with van der Waals surface area (Å²) < 4.78 is 4.89. The maximum Gasteiger partial charge on any atom is 0.307 e. The summed E-state index contributed by atoms with van der Waals surface area (Å²) in [5.41, 5.74) is 0. The van der Waals surface area contributed by atoms with Crippen LogP contribution in [0.15, 0.2) is 24.8 Å². The molecule has 0 fully saturated rings. The van der Waals surface area contributed by atoms with Crippen molar-refractivity contribution in [2.24, 2.45) is 5.92 Å². The molecule has 0 aliphatic carbocycles. The van der Waals surface area contributed by atoms with E-state index in [2.05, 4.69) is 25.7 Å². The van der Waals surface area contributed by atoms with Gasteiger partial charge in [0, 0.05) is 0 Å². The topological polar surface area (TPSA) is 63.6 Å². The highest BCUT2D eigenvalue weighted by Crippen LogP contribution is 2.17. The molecule has 0 spiro atoms. The van der Waals surface area contributed by atoms with Crippen molar-refractivity contribution in [3.05, 3.63) is 24.8 Å². The Kier molecular flexibility index (Phi) is 21.9. The minimum absolute atomic E-state index is 0.0432. The van der Waals surface area contributed by atoms with E-state index < -0.39 is 17.9 Å². The molecule has 0 aliphatic rings. The zero-order chi connectivity index (χ0) is 23.0. The molecule has 0 bridgehead atoms. The van der Waals surface area contributed by atoms with E-state index in [0.717, 1.165) is 19.3 Å². The Labute approximate surface area is 191 Å². The number of hydrogen-bond donors (Lipinski definition) is 1. The minimum atomic E-state index is -0.904. The van der Waals surface area contributed by atoms with Crippen LogP contribution in [0, 0.1) is 5.92 Å². The van der Waals surface area contributed by atoms with Gasteiger partial charge < -0.3 is 9.84 Å². The first kappa shape index (κ1) is 29.4. The Morgan fingerprint density at radius 3 is 1.77 bits per heavy atom. The fourth-order valence-corrected chi connectivity index (χ4v) is 3.72. The molecule has 0 aromatic rings.